The van der Waals surface area contributed by atoms with Crippen LogP contribution < -0.4 is 10.2 Å². The molecule has 6 heteroatoms. The Hall–Kier alpha value is -2.08. The third kappa shape index (κ3) is 4.12. The van der Waals surface area contributed by atoms with Crippen molar-refractivity contribution >= 4 is 23.2 Å². The summed E-state index contributed by atoms with van der Waals surface area (Å²) >= 11 is 1.71. The van der Waals surface area contributed by atoms with E-state index in [4.69, 9.17) is 0 Å². The van der Waals surface area contributed by atoms with Crippen molar-refractivity contribution in [2.75, 3.05) is 18.0 Å². The second kappa shape index (κ2) is 7.44. The summed E-state index contributed by atoms with van der Waals surface area (Å²) in [6.45, 7) is 3.43. The van der Waals surface area contributed by atoms with Gasteiger partial charge in [-0.25, -0.2) is 9.78 Å². The second-order valence-electron chi connectivity index (χ2n) is 6.82. The van der Waals surface area contributed by atoms with E-state index in [1.165, 1.54) is 17.7 Å². The van der Waals surface area contributed by atoms with Crippen LogP contribution in [0.5, 0.6) is 0 Å². The van der Waals surface area contributed by atoms with Crippen molar-refractivity contribution in [2.45, 2.75) is 44.8 Å². The first-order chi connectivity index (χ1) is 12.3. The van der Waals surface area contributed by atoms with Gasteiger partial charge in [0.25, 0.3) is 0 Å². The number of nitrogens with one attached hydrogen (secondary N) is 1. The minimum absolute atomic E-state index is 0.0273. The summed E-state index contributed by atoms with van der Waals surface area (Å²) in [7, 11) is 0. The summed E-state index contributed by atoms with van der Waals surface area (Å²) in [5.41, 5.74) is 1.04. The number of rotatable bonds is 6. The molecule has 0 spiro atoms. The molecule has 1 aliphatic heterocycles. The van der Waals surface area contributed by atoms with Crippen LogP contribution in [0.1, 0.15) is 36.1 Å². The number of nitrogens with zero attached hydrogens (tertiary/aromatic N) is 3. The highest BCUT2D eigenvalue weighted by Gasteiger charge is 2.32. The SMILES string of the molecule is O=C(NCc1ccc(N2CCCC2)nc1)N(Cc1cccs1)C1CC1. The number of thiophene rings is 1. The quantitative estimate of drug-likeness (QED) is 0.860. The van der Waals surface area contributed by atoms with E-state index in [2.05, 4.69) is 38.8 Å². The highest BCUT2D eigenvalue weighted by atomic mass is 32.1. The second-order valence-corrected chi connectivity index (χ2v) is 7.85. The number of carbonyl (C=O) groups excluding carboxylic acids is 1. The first kappa shape index (κ1) is 16.4. The molecule has 5 nitrogen and oxygen atoms in total. The van der Waals surface area contributed by atoms with Crippen LogP contribution in [0.15, 0.2) is 35.8 Å². The number of aromatic nitrogens is 1. The molecule has 2 aromatic rings. The molecule has 1 N–H and O–H groups in total. The van der Waals surface area contributed by atoms with Crippen molar-refractivity contribution in [3.63, 3.8) is 0 Å². The van der Waals surface area contributed by atoms with E-state index in [9.17, 15) is 4.79 Å². The number of pyridine rings is 1. The van der Waals surface area contributed by atoms with Crippen LogP contribution in [0.4, 0.5) is 10.6 Å². The normalized spacial score (nSPS) is 16.9. The van der Waals surface area contributed by atoms with Crippen LogP contribution in [0.3, 0.4) is 0 Å². The van der Waals surface area contributed by atoms with Crippen LogP contribution in [0.2, 0.25) is 0 Å². The molecule has 0 aromatic carbocycles. The lowest BCUT2D eigenvalue weighted by Gasteiger charge is -2.22. The highest BCUT2D eigenvalue weighted by molar-refractivity contribution is 7.09. The average Bonchev–Trinajstić information content (AvgIpc) is 3.12. The summed E-state index contributed by atoms with van der Waals surface area (Å²) in [5, 5.41) is 5.12. The maximum atomic E-state index is 12.6. The van der Waals surface area contributed by atoms with Gasteiger partial charge in [0.05, 0.1) is 6.54 Å². The van der Waals surface area contributed by atoms with Crippen molar-refractivity contribution in [3.8, 4) is 0 Å². The zero-order valence-electron chi connectivity index (χ0n) is 14.4. The van der Waals surface area contributed by atoms with Gasteiger partial charge in [0, 0.05) is 36.8 Å². The number of urea groups is 1. The summed E-state index contributed by atoms with van der Waals surface area (Å²) < 4.78 is 0. The van der Waals surface area contributed by atoms with Crippen molar-refractivity contribution in [3.05, 3.63) is 46.3 Å². The Kier molecular flexibility index (Phi) is 4.88. The average molecular weight is 356 g/mol. The predicted molar refractivity (Wildman–Crippen MR) is 101 cm³/mol. The van der Waals surface area contributed by atoms with Crippen LogP contribution >= 0.6 is 11.3 Å². The molecule has 1 aliphatic carbocycles. The number of hydrogen-bond donors (Lipinski definition) is 1. The van der Waals surface area contributed by atoms with E-state index in [1.54, 1.807) is 11.3 Å². The molecule has 132 valence electrons. The largest absolute Gasteiger partial charge is 0.357 e. The molecule has 1 saturated carbocycles. The molecule has 2 aromatic heterocycles. The van der Waals surface area contributed by atoms with Gasteiger partial charge in [0.15, 0.2) is 0 Å². The summed E-state index contributed by atoms with van der Waals surface area (Å²) in [6, 6.07) is 8.70. The molecule has 25 heavy (non-hydrogen) atoms. The van der Waals surface area contributed by atoms with E-state index in [0.717, 1.165) is 37.3 Å². The zero-order chi connectivity index (χ0) is 17.1. The number of anilines is 1. The first-order valence-electron chi connectivity index (χ1n) is 9.06. The van der Waals surface area contributed by atoms with Crippen LogP contribution in [0.25, 0.3) is 0 Å². The van der Waals surface area contributed by atoms with Gasteiger partial charge in [-0.15, -0.1) is 11.3 Å². The smallest absolute Gasteiger partial charge is 0.318 e. The van der Waals surface area contributed by atoms with Crippen molar-refractivity contribution in [1.82, 2.24) is 15.2 Å². The predicted octanol–water partition coefficient (Wildman–Crippen LogP) is 3.62. The Morgan fingerprint density at radius 3 is 2.76 bits per heavy atom. The third-order valence-corrected chi connectivity index (χ3v) is 5.70. The van der Waals surface area contributed by atoms with Gasteiger partial charge in [0.2, 0.25) is 0 Å². The van der Waals surface area contributed by atoms with Gasteiger partial charge < -0.3 is 15.1 Å². The Labute approximate surface area is 152 Å². The van der Waals surface area contributed by atoms with E-state index >= 15 is 0 Å². The Morgan fingerprint density at radius 1 is 1.28 bits per heavy atom. The van der Waals surface area contributed by atoms with Gasteiger partial charge in [-0.1, -0.05) is 12.1 Å². The summed E-state index contributed by atoms with van der Waals surface area (Å²) in [5.74, 6) is 1.05. The lowest BCUT2D eigenvalue weighted by atomic mass is 10.2. The minimum atomic E-state index is 0.0273. The lowest BCUT2D eigenvalue weighted by Crippen LogP contribution is -2.40. The molecule has 3 heterocycles. The molecule has 0 atom stereocenters. The number of carbonyl (C=O) groups is 1. The van der Waals surface area contributed by atoms with Crippen LogP contribution in [-0.4, -0.2) is 35.0 Å². The molecule has 0 unspecified atom stereocenters. The van der Waals surface area contributed by atoms with E-state index in [-0.39, 0.29) is 6.03 Å². The highest BCUT2D eigenvalue weighted by Crippen LogP contribution is 2.29. The van der Waals surface area contributed by atoms with E-state index < -0.39 is 0 Å². The summed E-state index contributed by atoms with van der Waals surface area (Å²) in [4.78, 5) is 22.7. The fraction of sp³-hybridized carbons (Fsp3) is 0.474. The standard InChI is InChI=1S/C19H24N4OS/c24-19(23(16-6-7-16)14-17-4-3-11-25-17)21-13-15-5-8-18(20-12-15)22-9-1-2-10-22/h3-5,8,11-12,16H,1-2,6-7,9-10,13-14H2,(H,21,24). The Bertz CT molecular complexity index is 691. The monoisotopic (exact) mass is 356 g/mol. The fourth-order valence-corrected chi connectivity index (χ4v) is 3.96. The molecular weight excluding hydrogens is 332 g/mol. The number of amides is 2. The molecule has 2 aliphatic rings. The molecule has 0 bridgehead atoms. The summed E-state index contributed by atoms with van der Waals surface area (Å²) in [6.07, 6.45) is 6.62. The van der Waals surface area contributed by atoms with Gasteiger partial charge in [0.1, 0.15) is 5.82 Å². The van der Waals surface area contributed by atoms with Crippen LogP contribution in [0, 0.1) is 0 Å². The fourth-order valence-electron chi connectivity index (χ4n) is 3.26. The maximum Gasteiger partial charge on any atom is 0.318 e. The van der Waals surface area contributed by atoms with Crippen molar-refractivity contribution in [2.24, 2.45) is 0 Å². The number of hydrogen-bond acceptors (Lipinski definition) is 4. The zero-order valence-corrected chi connectivity index (χ0v) is 15.2. The maximum absolute atomic E-state index is 12.6. The lowest BCUT2D eigenvalue weighted by molar-refractivity contribution is 0.192. The molecule has 2 amide bonds. The van der Waals surface area contributed by atoms with Gasteiger partial charge in [-0.05, 0) is 48.8 Å². The molecular formula is C19H24N4OS. The van der Waals surface area contributed by atoms with E-state index in [1.807, 2.05) is 17.2 Å². The topological polar surface area (TPSA) is 48.5 Å². The third-order valence-electron chi connectivity index (χ3n) is 4.84. The van der Waals surface area contributed by atoms with Gasteiger partial charge in [-0.3, -0.25) is 0 Å². The van der Waals surface area contributed by atoms with E-state index in [0.29, 0.717) is 19.1 Å². The van der Waals surface area contributed by atoms with Gasteiger partial charge in [-0.2, -0.15) is 0 Å². The minimum Gasteiger partial charge on any atom is -0.357 e. The van der Waals surface area contributed by atoms with Gasteiger partial charge >= 0.3 is 6.03 Å². The molecule has 0 radical (unpaired) electrons. The Balaban J connectivity index is 1.32. The Morgan fingerprint density at radius 2 is 2.12 bits per heavy atom. The molecule has 1 saturated heterocycles. The molecule has 4 rings (SSSR count). The van der Waals surface area contributed by atoms with Crippen molar-refractivity contribution < 1.29 is 4.79 Å². The van der Waals surface area contributed by atoms with Crippen molar-refractivity contribution in [1.29, 1.82) is 0 Å². The van der Waals surface area contributed by atoms with Crippen LogP contribution in [-0.2, 0) is 13.1 Å². The first-order valence-corrected chi connectivity index (χ1v) is 9.94. The molecule has 2 fully saturated rings.